The molecule has 0 atom stereocenters. The van der Waals surface area contributed by atoms with Gasteiger partial charge in [0.05, 0.1) is 0 Å². The number of anilines is 1. The van der Waals surface area contributed by atoms with E-state index in [-0.39, 0.29) is 5.82 Å². The molecule has 0 aromatic heterocycles. The molecule has 20 heavy (non-hydrogen) atoms. The first-order valence-electron chi connectivity index (χ1n) is 7.51. The van der Waals surface area contributed by atoms with Crippen LogP contribution in [0.15, 0.2) is 18.2 Å². The molecule has 1 saturated heterocycles. The molecule has 0 bridgehead atoms. The molecule has 0 unspecified atom stereocenters. The predicted octanol–water partition coefficient (Wildman–Crippen LogP) is 2.94. The van der Waals surface area contributed by atoms with E-state index in [0.29, 0.717) is 6.04 Å². The summed E-state index contributed by atoms with van der Waals surface area (Å²) < 4.78 is 19.2. The maximum Gasteiger partial charge on any atom is 0.125 e. The second-order valence-corrected chi connectivity index (χ2v) is 5.45. The summed E-state index contributed by atoms with van der Waals surface area (Å²) in [5.41, 5.74) is 1.97. The molecule has 112 valence electrons. The van der Waals surface area contributed by atoms with Gasteiger partial charge in [0.25, 0.3) is 0 Å². The number of hydrogen-bond acceptors (Lipinski definition) is 3. The van der Waals surface area contributed by atoms with Crippen LogP contribution in [0.5, 0.6) is 0 Å². The van der Waals surface area contributed by atoms with E-state index < -0.39 is 0 Å². The van der Waals surface area contributed by atoms with Crippen molar-refractivity contribution in [2.75, 3.05) is 31.7 Å². The molecular formula is C16H25FN2O. The van der Waals surface area contributed by atoms with Crippen LogP contribution in [-0.4, -0.2) is 32.8 Å². The first-order chi connectivity index (χ1) is 9.70. The Balaban J connectivity index is 2.05. The molecule has 1 N–H and O–H groups in total. The third kappa shape index (κ3) is 4.18. The van der Waals surface area contributed by atoms with Crippen LogP contribution in [0, 0.1) is 5.82 Å². The summed E-state index contributed by atoms with van der Waals surface area (Å²) in [7, 11) is 2.05. The molecule has 2 rings (SSSR count). The van der Waals surface area contributed by atoms with Crippen molar-refractivity contribution in [3.8, 4) is 0 Å². The minimum atomic E-state index is -0.158. The summed E-state index contributed by atoms with van der Waals surface area (Å²) in [5.74, 6) is -0.158. The zero-order valence-electron chi connectivity index (χ0n) is 12.5. The molecule has 1 aromatic carbocycles. The molecular weight excluding hydrogens is 255 g/mol. The van der Waals surface area contributed by atoms with Gasteiger partial charge in [-0.05, 0) is 49.6 Å². The number of ether oxygens (including phenoxy) is 1. The fourth-order valence-electron chi connectivity index (χ4n) is 2.63. The highest BCUT2D eigenvalue weighted by molar-refractivity contribution is 5.49. The van der Waals surface area contributed by atoms with E-state index in [1.54, 1.807) is 12.1 Å². The highest BCUT2D eigenvalue weighted by Gasteiger charge is 2.19. The smallest absolute Gasteiger partial charge is 0.125 e. The molecule has 0 saturated carbocycles. The largest absolute Gasteiger partial charge is 0.381 e. The molecule has 0 radical (unpaired) electrons. The molecule has 3 nitrogen and oxygen atoms in total. The molecule has 0 aliphatic carbocycles. The zero-order valence-corrected chi connectivity index (χ0v) is 12.5. The lowest BCUT2D eigenvalue weighted by Gasteiger charge is -2.33. The monoisotopic (exact) mass is 280 g/mol. The molecule has 1 aliphatic heterocycles. The van der Waals surface area contributed by atoms with Crippen LogP contribution in [0.4, 0.5) is 10.1 Å². The third-order valence-corrected chi connectivity index (χ3v) is 3.84. The van der Waals surface area contributed by atoms with Gasteiger partial charge in [-0.3, -0.25) is 0 Å². The van der Waals surface area contributed by atoms with Gasteiger partial charge in [-0.2, -0.15) is 0 Å². The normalized spacial score (nSPS) is 16.4. The van der Waals surface area contributed by atoms with Crippen molar-refractivity contribution in [3.63, 3.8) is 0 Å². The van der Waals surface area contributed by atoms with Gasteiger partial charge in [0.1, 0.15) is 5.82 Å². The molecule has 4 heteroatoms. The lowest BCUT2D eigenvalue weighted by atomic mass is 10.1. The average molecular weight is 280 g/mol. The van der Waals surface area contributed by atoms with Crippen molar-refractivity contribution in [1.29, 1.82) is 0 Å². The van der Waals surface area contributed by atoms with Gasteiger partial charge < -0.3 is 15.0 Å². The Kier molecular flexibility index (Phi) is 5.80. The standard InChI is InChI=1S/C16H25FN2O/c1-3-6-18-12-13-9-14(17)11-16(10-13)19(2)15-4-7-20-8-5-15/h9-11,15,18H,3-8,12H2,1-2H3. The van der Waals surface area contributed by atoms with E-state index in [2.05, 4.69) is 23.2 Å². The highest BCUT2D eigenvalue weighted by Crippen LogP contribution is 2.23. The van der Waals surface area contributed by atoms with Crippen molar-refractivity contribution in [3.05, 3.63) is 29.6 Å². The van der Waals surface area contributed by atoms with E-state index in [4.69, 9.17) is 4.74 Å². The number of benzene rings is 1. The number of nitrogens with one attached hydrogen (secondary N) is 1. The first-order valence-corrected chi connectivity index (χ1v) is 7.51. The Morgan fingerprint density at radius 2 is 2.05 bits per heavy atom. The van der Waals surface area contributed by atoms with Gasteiger partial charge >= 0.3 is 0 Å². The molecule has 0 amide bonds. The Hall–Kier alpha value is -1.13. The van der Waals surface area contributed by atoms with Crippen molar-refractivity contribution in [2.24, 2.45) is 0 Å². The van der Waals surface area contributed by atoms with Crippen molar-refractivity contribution < 1.29 is 9.13 Å². The SMILES string of the molecule is CCCNCc1cc(F)cc(N(C)C2CCOCC2)c1. The van der Waals surface area contributed by atoms with Gasteiger partial charge in [-0.1, -0.05) is 6.92 Å². The van der Waals surface area contributed by atoms with Gasteiger partial charge in [0.2, 0.25) is 0 Å². The lowest BCUT2D eigenvalue weighted by molar-refractivity contribution is 0.0855. The van der Waals surface area contributed by atoms with Crippen LogP contribution in [0.25, 0.3) is 0 Å². The Bertz CT molecular complexity index is 419. The minimum absolute atomic E-state index is 0.158. The molecule has 1 aromatic rings. The third-order valence-electron chi connectivity index (χ3n) is 3.84. The van der Waals surface area contributed by atoms with E-state index in [0.717, 1.165) is 56.8 Å². The molecule has 1 aliphatic rings. The summed E-state index contributed by atoms with van der Waals surface area (Å²) in [6.45, 7) is 5.41. The maximum atomic E-state index is 13.8. The van der Waals surface area contributed by atoms with E-state index in [9.17, 15) is 4.39 Å². The zero-order chi connectivity index (χ0) is 14.4. The highest BCUT2D eigenvalue weighted by atomic mass is 19.1. The Morgan fingerprint density at radius 1 is 1.30 bits per heavy atom. The van der Waals surface area contributed by atoms with Crippen LogP contribution in [-0.2, 0) is 11.3 Å². The van der Waals surface area contributed by atoms with Crippen molar-refractivity contribution in [2.45, 2.75) is 38.8 Å². The van der Waals surface area contributed by atoms with Crippen molar-refractivity contribution >= 4 is 5.69 Å². The second-order valence-electron chi connectivity index (χ2n) is 5.45. The summed E-state index contributed by atoms with van der Waals surface area (Å²) in [6, 6.07) is 5.77. The second kappa shape index (κ2) is 7.60. The van der Waals surface area contributed by atoms with Gasteiger partial charge in [0, 0.05) is 38.5 Å². The summed E-state index contributed by atoms with van der Waals surface area (Å²) in [6.07, 6.45) is 3.11. The van der Waals surface area contributed by atoms with Crippen LogP contribution >= 0.6 is 0 Å². The van der Waals surface area contributed by atoms with Gasteiger partial charge in [0.15, 0.2) is 0 Å². The van der Waals surface area contributed by atoms with Crippen LogP contribution in [0.1, 0.15) is 31.7 Å². The maximum absolute atomic E-state index is 13.8. The molecule has 0 spiro atoms. The number of nitrogens with zero attached hydrogens (tertiary/aromatic N) is 1. The minimum Gasteiger partial charge on any atom is -0.381 e. The summed E-state index contributed by atoms with van der Waals surface area (Å²) in [4.78, 5) is 2.19. The first kappa shape index (κ1) is 15.3. The Morgan fingerprint density at radius 3 is 2.75 bits per heavy atom. The number of rotatable bonds is 6. The quantitative estimate of drug-likeness (QED) is 0.811. The lowest BCUT2D eigenvalue weighted by Crippen LogP contribution is -2.36. The fourth-order valence-corrected chi connectivity index (χ4v) is 2.63. The topological polar surface area (TPSA) is 24.5 Å². The Labute approximate surface area is 121 Å². The number of hydrogen-bond donors (Lipinski definition) is 1. The van der Waals surface area contributed by atoms with E-state index in [1.165, 1.54) is 0 Å². The predicted molar refractivity (Wildman–Crippen MR) is 80.6 cm³/mol. The number of halogens is 1. The van der Waals surface area contributed by atoms with E-state index in [1.807, 2.05) is 7.05 Å². The fraction of sp³-hybridized carbons (Fsp3) is 0.625. The van der Waals surface area contributed by atoms with E-state index >= 15 is 0 Å². The van der Waals surface area contributed by atoms with Crippen LogP contribution in [0.2, 0.25) is 0 Å². The molecule has 1 fully saturated rings. The van der Waals surface area contributed by atoms with Gasteiger partial charge in [-0.25, -0.2) is 4.39 Å². The van der Waals surface area contributed by atoms with Crippen molar-refractivity contribution in [1.82, 2.24) is 5.32 Å². The summed E-state index contributed by atoms with van der Waals surface area (Å²) in [5, 5.41) is 3.32. The summed E-state index contributed by atoms with van der Waals surface area (Å²) >= 11 is 0. The molecule has 1 heterocycles. The van der Waals surface area contributed by atoms with Crippen LogP contribution in [0.3, 0.4) is 0 Å². The average Bonchev–Trinajstić information content (AvgIpc) is 2.47. The van der Waals surface area contributed by atoms with Gasteiger partial charge in [-0.15, -0.1) is 0 Å². The van der Waals surface area contributed by atoms with Crippen LogP contribution < -0.4 is 10.2 Å².